The van der Waals surface area contributed by atoms with Crippen molar-refractivity contribution in [3.05, 3.63) is 59.9 Å². The highest BCUT2D eigenvalue weighted by Crippen LogP contribution is 2.37. The Balaban J connectivity index is 1.57. The molecule has 4 nitrogen and oxygen atoms in total. The molecule has 1 aliphatic carbocycles. The number of hydrogen-bond acceptors (Lipinski definition) is 3. The third-order valence-corrected chi connectivity index (χ3v) is 7.76. The van der Waals surface area contributed by atoms with Crippen LogP contribution >= 0.6 is 0 Å². The van der Waals surface area contributed by atoms with Gasteiger partial charge in [0.2, 0.25) is 10.0 Å². The first-order valence-corrected chi connectivity index (χ1v) is 11.1. The molecule has 1 aromatic heterocycles. The van der Waals surface area contributed by atoms with Crippen LogP contribution in [0.15, 0.2) is 53.7 Å². The van der Waals surface area contributed by atoms with Gasteiger partial charge in [0, 0.05) is 18.9 Å². The van der Waals surface area contributed by atoms with Crippen LogP contribution in [0.1, 0.15) is 68.0 Å². The maximum atomic E-state index is 13.2. The Morgan fingerprint density at radius 2 is 1.65 bits per heavy atom. The number of aromatic nitrogens is 1. The summed E-state index contributed by atoms with van der Waals surface area (Å²) < 4.78 is 28.1. The molecule has 2 heterocycles. The van der Waals surface area contributed by atoms with Gasteiger partial charge in [0.15, 0.2) is 0 Å². The quantitative estimate of drug-likeness (QED) is 0.787. The molecular formula is C21H26N2O2S. The fraction of sp³-hybridized carbons (Fsp3) is 0.476. The lowest BCUT2D eigenvalue weighted by Gasteiger charge is -2.25. The summed E-state index contributed by atoms with van der Waals surface area (Å²) in [4.78, 5) is 4.57. The van der Waals surface area contributed by atoms with Crippen molar-refractivity contribution in [3.8, 4) is 0 Å². The van der Waals surface area contributed by atoms with E-state index in [0.29, 0.717) is 17.4 Å². The van der Waals surface area contributed by atoms with Crippen molar-refractivity contribution in [2.45, 2.75) is 61.8 Å². The molecule has 26 heavy (non-hydrogen) atoms. The summed E-state index contributed by atoms with van der Waals surface area (Å²) in [5.41, 5.74) is 2.27. The van der Waals surface area contributed by atoms with Crippen LogP contribution in [0.3, 0.4) is 0 Å². The highest BCUT2D eigenvalue weighted by Gasteiger charge is 2.36. The molecule has 2 aliphatic rings. The fourth-order valence-corrected chi connectivity index (χ4v) is 6.10. The van der Waals surface area contributed by atoms with Gasteiger partial charge in [-0.1, -0.05) is 37.5 Å². The van der Waals surface area contributed by atoms with Crippen molar-refractivity contribution < 1.29 is 8.42 Å². The largest absolute Gasteiger partial charge is 0.264 e. The van der Waals surface area contributed by atoms with Gasteiger partial charge >= 0.3 is 0 Å². The molecule has 1 saturated carbocycles. The molecule has 5 heteroatoms. The molecule has 1 saturated heterocycles. The highest BCUT2D eigenvalue weighted by molar-refractivity contribution is 7.89. The second kappa shape index (κ2) is 7.49. The van der Waals surface area contributed by atoms with Crippen LogP contribution in [-0.4, -0.2) is 24.3 Å². The number of pyridine rings is 1. The molecule has 1 aromatic carbocycles. The van der Waals surface area contributed by atoms with E-state index in [-0.39, 0.29) is 6.04 Å². The van der Waals surface area contributed by atoms with Crippen LogP contribution in [0, 0.1) is 0 Å². The maximum absolute atomic E-state index is 13.2. The van der Waals surface area contributed by atoms with Gasteiger partial charge in [0.25, 0.3) is 0 Å². The Morgan fingerprint density at radius 3 is 2.35 bits per heavy atom. The van der Waals surface area contributed by atoms with Crippen molar-refractivity contribution in [2.75, 3.05) is 6.54 Å². The predicted octanol–water partition coefficient (Wildman–Crippen LogP) is 4.66. The summed E-state index contributed by atoms with van der Waals surface area (Å²) in [5, 5.41) is 0. The Hall–Kier alpha value is -1.72. The Labute approximate surface area is 156 Å². The van der Waals surface area contributed by atoms with Crippen LogP contribution < -0.4 is 0 Å². The Bertz CT molecular complexity index is 828. The molecular weight excluding hydrogens is 344 g/mol. The molecule has 0 N–H and O–H groups in total. The fourth-order valence-electron chi connectivity index (χ4n) is 4.42. The number of nitrogens with zero attached hydrogens (tertiary/aromatic N) is 2. The summed E-state index contributed by atoms with van der Waals surface area (Å²) in [6.45, 7) is 0.576. The van der Waals surface area contributed by atoms with Gasteiger partial charge in [-0.25, -0.2) is 8.42 Å². The Morgan fingerprint density at radius 1 is 0.885 bits per heavy atom. The van der Waals surface area contributed by atoms with E-state index in [4.69, 9.17) is 0 Å². The standard InChI is InChI=1S/C21H26N2O2S/c24-26(25,23-15-5-9-21(23)19-8-4-14-22-16-19)20-12-10-18(11-13-20)17-6-2-1-3-7-17/h4,8,10-14,16-17,21H,1-3,5-7,9,15H2. The van der Waals surface area contributed by atoms with Crippen molar-refractivity contribution in [1.82, 2.24) is 9.29 Å². The van der Waals surface area contributed by atoms with Gasteiger partial charge in [-0.05, 0) is 60.9 Å². The second-order valence-electron chi connectivity index (χ2n) is 7.46. The molecule has 0 amide bonds. The SMILES string of the molecule is O=S(=O)(c1ccc(C2CCCCC2)cc1)N1CCCC1c1cccnc1. The summed E-state index contributed by atoms with van der Waals surface area (Å²) in [6.07, 6.45) is 11.6. The van der Waals surface area contributed by atoms with Crippen molar-refractivity contribution in [3.63, 3.8) is 0 Å². The molecule has 2 aromatic rings. The summed E-state index contributed by atoms with van der Waals surface area (Å²) in [6, 6.07) is 11.4. The zero-order chi connectivity index (χ0) is 18.0. The van der Waals surface area contributed by atoms with E-state index < -0.39 is 10.0 Å². The first-order chi connectivity index (χ1) is 12.7. The average molecular weight is 371 g/mol. The van der Waals surface area contributed by atoms with Gasteiger partial charge in [0.05, 0.1) is 10.9 Å². The topological polar surface area (TPSA) is 50.3 Å². The Kier molecular flexibility index (Phi) is 5.09. The first-order valence-electron chi connectivity index (χ1n) is 9.68. The zero-order valence-electron chi connectivity index (χ0n) is 15.0. The van der Waals surface area contributed by atoms with Crippen molar-refractivity contribution >= 4 is 10.0 Å². The summed E-state index contributed by atoms with van der Waals surface area (Å²) in [5.74, 6) is 0.593. The number of rotatable bonds is 4. The third kappa shape index (κ3) is 3.42. The number of sulfonamides is 1. The first kappa shape index (κ1) is 17.7. The molecule has 138 valence electrons. The van der Waals surface area contributed by atoms with Crippen LogP contribution in [-0.2, 0) is 10.0 Å². The van der Waals surface area contributed by atoms with E-state index >= 15 is 0 Å². The van der Waals surface area contributed by atoms with Gasteiger partial charge in [-0.15, -0.1) is 0 Å². The van der Waals surface area contributed by atoms with E-state index in [0.717, 1.165) is 18.4 Å². The molecule has 4 rings (SSSR count). The molecule has 0 bridgehead atoms. The van der Waals surface area contributed by atoms with E-state index in [1.165, 1.54) is 37.7 Å². The lowest BCUT2D eigenvalue weighted by atomic mass is 9.84. The van der Waals surface area contributed by atoms with Gasteiger partial charge in [-0.2, -0.15) is 4.31 Å². The van der Waals surface area contributed by atoms with E-state index in [9.17, 15) is 8.42 Å². The zero-order valence-corrected chi connectivity index (χ0v) is 15.9. The summed E-state index contributed by atoms with van der Waals surface area (Å²) >= 11 is 0. The monoisotopic (exact) mass is 370 g/mol. The van der Waals surface area contributed by atoms with Gasteiger partial charge in [0.1, 0.15) is 0 Å². The van der Waals surface area contributed by atoms with Crippen molar-refractivity contribution in [2.24, 2.45) is 0 Å². The van der Waals surface area contributed by atoms with E-state index in [1.807, 2.05) is 24.3 Å². The molecule has 0 radical (unpaired) electrons. The average Bonchev–Trinajstić information content (AvgIpc) is 3.20. The molecule has 0 spiro atoms. The van der Waals surface area contributed by atoms with Crippen LogP contribution in [0.5, 0.6) is 0 Å². The van der Waals surface area contributed by atoms with Gasteiger partial charge < -0.3 is 0 Å². The highest BCUT2D eigenvalue weighted by atomic mass is 32.2. The minimum atomic E-state index is -3.48. The predicted molar refractivity (Wildman–Crippen MR) is 102 cm³/mol. The van der Waals surface area contributed by atoms with Gasteiger partial charge in [-0.3, -0.25) is 4.98 Å². The minimum Gasteiger partial charge on any atom is -0.264 e. The van der Waals surface area contributed by atoms with E-state index in [2.05, 4.69) is 4.98 Å². The molecule has 1 aliphatic heterocycles. The normalized spacial score (nSPS) is 22.5. The number of benzene rings is 1. The lowest BCUT2D eigenvalue weighted by molar-refractivity contribution is 0.396. The third-order valence-electron chi connectivity index (χ3n) is 5.84. The van der Waals surface area contributed by atoms with Crippen LogP contribution in [0.25, 0.3) is 0 Å². The smallest absolute Gasteiger partial charge is 0.243 e. The molecule has 1 atom stereocenters. The minimum absolute atomic E-state index is 0.105. The lowest BCUT2D eigenvalue weighted by Crippen LogP contribution is -2.30. The maximum Gasteiger partial charge on any atom is 0.243 e. The second-order valence-corrected chi connectivity index (χ2v) is 9.35. The number of hydrogen-bond donors (Lipinski definition) is 0. The van der Waals surface area contributed by atoms with E-state index in [1.54, 1.807) is 28.8 Å². The molecule has 1 unspecified atom stereocenters. The van der Waals surface area contributed by atoms with Crippen molar-refractivity contribution in [1.29, 1.82) is 0 Å². The van der Waals surface area contributed by atoms with Crippen LogP contribution in [0.2, 0.25) is 0 Å². The molecule has 2 fully saturated rings. The van der Waals surface area contributed by atoms with Crippen LogP contribution in [0.4, 0.5) is 0 Å². The summed E-state index contributed by atoms with van der Waals surface area (Å²) in [7, 11) is -3.48.